The van der Waals surface area contributed by atoms with E-state index in [0.29, 0.717) is 5.69 Å². The molecule has 3 aromatic rings. The van der Waals surface area contributed by atoms with Crippen molar-refractivity contribution in [3.05, 3.63) is 66.2 Å². The van der Waals surface area contributed by atoms with Crippen LogP contribution in [0.3, 0.4) is 0 Å². The highest BCUT2D eigenvalue weighted by Crippen LogP contribution is 2.16. The molecule has 1 heterocycles. The van der Waals surface area contributed by atoms with Crippen LogP contribution in [-0.2, 0) is 4.79 Å². The third-order valence-corrected chi connectivity index (χ3v) is 4.51. The van der Waals surface area contributed by atoms with Crippen molar-refractivity contribution in [3.63, 3.8) is 0 Å². The lowest BCUT2D eigenvalue weighted by Crippen LogP contribution is -2.43. The number of aliphatic hydroxyl groups is 1. The third-order valence-electron chi connectivity index (χ3n) is 4.51. The fourth-order valence-corrected chi connectivity index (χ4v) is 2.96. The van der Waals surface area contributed by atoms with Crippen LogP contribution in [0, 0.1) is 13.8 Å². The predicted molar refractivity (Wildman–Crippen MR) is 115 cm³/mol. The monoisotopic (exact) mass is 409 g/mol. The van der Waals surface area contributed by atoms with Crippen molar-refractivity contribution in [2.45, 2.75) is 32.9 Å². The van der Waals surface area contributed by atoms with Crippen LogP contribution in [0.1, 0.15) is 18.1 Å². The summed E-state index contributed by atoms with van der Waals surface area (Å²) >= 11 is 0. The van der Waals surface area contributed by atoms with Crippen LogP contribution in [0.4, 0.5) is 5.69 Å². The summed E-state index contributed by atoms with van der Waals surface area (Å²) in [5.74, 6) is 0.539. The van der Waals surface area contributed by atoms with Gasteiger partial charge in [0.25, 0.3) is 0 Å². The van der Waals surface area contributed by atoms with Crippen LogP contribution in [0.5, 0.6) is 5.75 Å². The first kappa shape index (κ1) is 21.5. The van der Waals surface area contributed by atoms with Crippen molar-refractivity contribution in [1.29, 1.82) is 0 Å². The molecule has 2 unspecified atom stereocenters. The molecular weight excluding hydrogens is 382 g/mol. The number of benzene rings is 2. The van der Waals surface area contributed by atoms with Crippen molar-refractivity contribution in [2.24, 2.45) is 0 Å². The first-order valence-electron chi connectivity index (χ1n) is 9.79. The van der Waals surface area contributed by atoms with E-state index in [4.69, 9.17) is 4.74 Å². The highest BCUT2D eigenvalue weighted by molar-refractivity contribution is 5.94. The maximum atomic E-state index is 12.4. The molecule has 0 saturated carbocycles. The number of aliphatic hydroxyl groups excluding tert-OH is 1. The molecule has 0 saturated heterocycles. The van der Waals surface area contributed by atoms with Gasteiger partial charge in [-0.05, 0) is 68.3 Å². The fraction of sp³-hybridized carbons (Fsp3) is 0.318. The molecule has 158 valence electrons. The maximum Gasteiger partial charge on any atom is 0.241 e. The van der Waals surface area contributed by atoms with Crippen LogP contribution >= 0.6 is 0 Å². The number of carbonyl (C=O) groups excluding carboxylic acids is 1. The summed E-state index contributed by atoms with van der Waals surface area (Å²) < 4.78 is 7.29. The van der Waals surface area contributed by atoms with Gasteiger partial charge in [-0.1, -0.05) is 6.07 Å². The summed E-state index contributed by atoms with van der Waals surface area (Å²) in [7, 11) is 0. The molecule has 2 atom stereocenters. The number of nitrogens with one attached hydrogen (secondary N) is 2. The summed E-state index contributed by atoms with van der Waals surface area (Å²) in [4.78, 5) is 16.3. The molecule has 1 amide bonds. The average molecular weight is 409 g/mol. The zero-order chi connectivity index (χ0) is 21.5. The summed E-state index contributed by atoms with van der Waals surface area (Å²) in [5.41, 5.74) is 3.74. The third kappa shape index (κ3) is 6.13. The van der Waals surface area contributed by atoms with Gasteiger partial charge in [0.1, 0.15) is 31.1 Å². The number of hydrogen-bond donors (Lipinski definition) is 3. The Morgan fingerprint density at radius 1 is 1.17 bits per heavy atom. The Morgan fingerprint density at radius 2 is 1.87 bits per heavy atom. The second kappa shape index (κ2) is 10.00. The number of rotatable bonds is 9. The molecule has 0 spiro atoms. The first-order valence-corrected chi connectivity index (χ1v) is 9.79. The van der Waals surface area contributed by atoms with Crippen molar-refractivity contribution in [2.75, 3.05) is 18.5 Å². The molecule has 3 N–H and O–H groups in total. The van der Waals surface area contributed by atoms with E-state index in [0.717, 1.165) is 22.6 Å². The average Bonchev–Trinajstić information content (AvgIpc) is 3.25. The SMILES string of the molecule is Cc1cc(C)cc(OCC(O)CNC(C)C(=O)Nc2ccc(-n3cncn3)cc2)c1. The van der Waals surface area contributed by atoms with Gasteiger partial charge in [-0.25, -0.2) is 9.67 Å². The molecule has 1 aromatic heterocycles. The van der Waals surface area contributed by atoms with Crippen LogP contribution in [-0.4, -0.2) is 51.1 Å². The van der Waals surface area contributed by atoms with Crippen LogP contribution in [0.25, 0.3) is 5.69 Å². The number of ether oxygens (including phenoxy) is 1. The van der Waals surface area contributed by atoms with Gasteiger partial charge in [0.2, 0.25) is 5.91 Å². The minimum Gasteiger partial charge on any atom is -0.491 e. The molecule has 0 fully saturated rings. The van der Waals surface area contributed by atoms with Gasteiger partial charge < -0.3 is 20.5 Å². The van der Waals surface area contributed by atoms with Crippen molar-refractivity contribution in [1.82, 2.24) is 20.1 Å². The highest BCUT2D eigenvalue weighted by Gasteiger charge is 2.15. The lowest BCUT2D eigenvalue weighted by Gasteiger charge is -2.18. The lowest BCUT2D eigenvalue weighted by atomic mass is 10.1. The zero-order valence-electron chi connectivity index (χ0n) is 17.4. The summed E-state index contributed by atoms with van der Waals surface area (Å²) in [6, 6.07) is 12.7. The molecule has 2 aromatic carbocycles. The summed E-state index contributed by atoms with van der Waals surface area (Å²) in [6.07, 6.45) is 2.34. The summed E-state index contributed by atoms with van der Waals surface area (Å²) in [6.45, 7) is 6.13. The second-order valence-corrected chi connectivity index (χ2v) is 7.29. The molecule has 0 bridgehead atoms. The van der Waals surface area contributed by atoms with Crippen molar-refractivity contribution in [3.8, 4) is 11.4 Å². The van der Waals surface area contributed by atoms with Crippen LogP contribution in [0.15, 0.2) is 55.1 Å². The standard InChI is InChI=1S/C22H27N5O3/c1-15-8-16(2)10-21(9-15)30-12-20(28)11-24-17(3)22(29)26-18-4-6-19(7-5-18)27-14-23-13-25-27/h4-10,13-14,17,20,24,28H,11-12H2,1-3H3,(H,26,29). The Bertz CT molecular complexity index is 937. The van der Waals surface area contributed by atoms with E-state index in [1.54, 1.807) is 30.1 Å². The molecular formula is C22H27N5O3. The van der Waals surface area contributed by atoms with E-state index >= 15 is 0 Å². The van der Waals surface area contributed by atoms with Gasteiger partial charge in [-0.2, -0.15) is 5.10 Å². The lowest BCUT2D eigenvalue weighted by molar-refractivity contribution is -0.117. The van der Waals surface area contributed by atoms with E-state index < -0.39 is 12.1 Å². The maximum absolute atomic E-state index is 12.4. The molecule has 0 radical (unpaired) electrons. The number of nitrogens with zero attached hydrogens (tertiary/aromatic N) is 3. The molecule has 0 aliphatic rings. The van der Waals surface area contributed by atoms with Crippen molar-refractivity contribution < 1.29 is 14.6 Å². The summed E-state index contributed by atoms with van der Waals surface area (Å²) in [5, 5.41) is 20.1. The molecule has 3 rings (SSSR count). The van der Waals surface area contributed by atoms with Gasteiger partial charge in [-0.15, -0.1) is 0 Å². The Hall–Kier alpha value is -3.23. The second-order valence-electron chi connectivity index (χ2n) is 7.29. The molecule has 0 aliphatic carbocycles. The minimum absolute atomic E-state index is 0.147. The number of anilines is 1. The van der Waals surface area contributed by atoms with Gasteiger partial charge >= 0.3 is 0 Å². The normalized spacial score (nSPS) is 12.9. The molecule has 0 aliphatic heterocycles. The number of carbonyl (C=O) groups is 1. The molecule has 8 nitrogen and oxygen atoms in total. The van der Waals surface area contributed by atoms with Crippen LogP contribution < -0.4 is 15.4 Å². The van der Waals surface area contributed by atoms with Crippen molar-refractivity contribution >= 4 is 11.6 Å². The highest BCUT2D eigenvalue weighted by atomic mass is 16.5. The first-order chi connectivity index (χ1) is 14.4. The fourth-order valence-electron chi connectivity index (χ4n) is 2.96. The van der Waals surface area contributed by atoms with Crippen LogP contribution in [0.2, 0.25) is 0 Å². The zero-order valence-corrected chi connectivity index (χ0v) is 17.4. The molecule has 30 heavy (non-hydrogen) atoms. The quantitative estimate of drug-likeness (QED) is 0.501. The number of hydrogen-bond acceptors (Lipinski definition) is 6. The van der Waals surface area contributed by atoms with E-state index in [1.807, 2.05) is 38.1 Å². The van der Waals surface area contributed by atoms with E-state index in [9.17, 15) is 9.90 Å². The number of amides is 1. The smallest absolute Gasteiger partial charge is 0.241 e. The topological polar surface area (TPSA) is 101 Å². The Labute approximate surface area is 175 Å². The van der Waals surface area contributed by atoms with Gasteiger partial charge in [-0.3, -0.25) is 4.79 Å². The largest absolute Gasteiger partial charge is 0.491 e. The number of aromatic nitrogens is 3. The Kier molecular flexibility index (Phi) is 7.16. The Balaban J connectivity index is 1.42. The Morgan fingerprint density at radius 3 is 2.50 bits per heavy atom. The van der Waals surface area contributed by atoms with E-state index in [1.165, 1.54) is 6.33 Å². The minimum atomic E-state index is -0.733. The van der Waals surface area contributed by atoms with E-state index in [2.05, 4.69) is 26.8 Å². The predicted octanol–water partition coefficient (Wildman–Crippen LogP) is 2.24. The van der Waals surface area contributed by atoms with Gasteiger partial charge in [0, 0.05) is 12.2 Å². The number of aryl methyl sites for hydroxylation is 2. The molecule has 8 heteroatoms. The van der Waals surface area contributed by atoms with Gasteiger partial charge in [0.05, 0.1) is 11.7 Å². The van der Waals surface area contributed by atoms with E-state index in [-0.39, 0.29) is 19.1 Å². The van der Waals surface area contributed by atoms with Gasteiger partial charge in [0.15, 0.2) is 0 Å².